The number of nitrogens with zero attached hydrogens (tertiary/aromatic N) is 1. The Kier molecular flexibility index (Phi) is 5.53. The quantitative estimate of drug-likeness (QED) is 0.707. The predicted octanol–water partition coefficient (Wildman–Crippen LogP) is 3.35. The number of amides is 2. The molecule has 2 heterocycles. The number of carbonyl (C=O) groups is 2. The fraction of sp³-hybridized carbons (Fsp3) is 0.200. The standard InChI is InChI=1S/C20H20N2O4/c1-15(23)21-12-16-6-8-17(9-7-16)20(24)22(13-18-4-2-10-25-18)14-19-5-3-11-26-19/h2-11H,12-14H2,1H3,(H,21,23). The molecule has 0 bridgehead atoms. The molecule has 3 aromatic rings. The van der Waals surface area contributed by atoms with Crippen LogP contribution in [0.4, 0.5) is 0 Å². The number of nitrogens with one attached hydrogen (secondary N) is 1. The van der Waals surface area contributed by atoms with E-state index in [1.165, 1.54) is 6.92 Å². The second kappa shape index (κ2) is 8.20. The Labute approximate surface area is 151 Å². The molecule has 0 unspecified atom stereocenters. The average Bonchev–Trinajstić information content (AvgIpc) is 3.33. The number of rotatable bonds is 7. The molecule has 0 aliphatic carbocycles. The fourth-order valence-electron chi connectivity index (χ4n) is 2.56. The van der Waals surface area contributed by atoms with E-state index >= 15 is 0 Å². The summed E-state index contributed by atoms with van der Waals surface area (Å²) < 4.78 is 10.8. The molecular formula is C20H20N2O4. The van der Waals surface area contributed by atoms with Gasteiger partial charge in [0.25, 0.3) is 5.91 Å². The first kappa shape index (κ1) is 17.5. The summed E-state index contributed by atoms with van der Waals surface area (Å²) in [7, 11) is 0. The zero-order valence-electron chi connectivity index (χ0n) is 14.5. The third kappa shape index (κ3) is 4.63. The van der Waals surface area contributed by atoms with E-state index < -0.39 is 0 Å². The van der Waals surface area contributed by atoms with Gasteiger partial charge in [-0.1, -0.05) is 12.1 Å². The highest BCUT2D eigenvalue weighted by molar-refractivity contribution is 5.94. The topological polar surface area (TPSA) is 75.7 Å². The number of benzene rings is 1. The van der Waals surface area contributed by atoms with Crippen LogP contribution in [0.15, 0.2) is 69.9 Å². The van der Waals surface area contributed by atoms with Gasteiger partial charge >= 0.3 is 0 Å². The Morgan fingerprint density at radius 1 is 0.923 bits per heavy atom. The second-order valence-electron chi connectivity index (χ2n) is 5.93. The molecule has 1 N–H and O–H groups in total. The summed E-state index contributed by atoms with van der Waals surface area (Å²) in [6.45, 7) is 2.60. The van der Waals surface area contributed by atoms with Crippen molar-refractivity contribution in [2.45, 2.75) is 26.6 Å². The highest BCUT2D eigenvalue weighted by Gasteiger charge is 2.19. The Hall–Kier alpha value is -3.28. The van der Waals surface area contributed by atoms with E-state index in [1.807, 2.05) is 24.3 Å². The minimum absolute atomic E-state index is 0.0896. The highest BCUT2D eigenvalue weighted by Crippen LogP contribution is 2.15. The lowest BCUT2D eigenvalue weighted by Crippen LogP contribution is -2.30. The van der Waals surface area contributed by atoms with Crippen molar-refractivity contribution in [1.82, 2.24) is 10.2 Å². The summed E-state index contributed by atoms with van der Waals surface area (Å²) in [4.78, 5) is 25.6. The number of hydrogen-bond acceptors (Lipinski definition) is 4. The SMILES string of the molecule is CC(=O)NCc1ccc(C(=O)N(Cc2ccco2)Cc2ccco2)cc1. The summed E-state index contributed by atoms with van der Waals surface area (Å²) >= 11 is 0. The summed E-state index contributed by atoms with van der Waals surface area (Å²) in [6, 6.07) is 14.4. The van der Waals surface area contributed by atoms with Crippen molar-refractivity contribution in [1.29, 1.82) is 0 Å². The Morgan fingerprint density at radius 2 is 1.50 bits per heavy atom. The van der Waals surface area contributed by atoms with Crippen LogP contribution in [-0.4, -0.2) is 16.7 Å². The molecule has 0 spiro atoms. The lowest BCUT2D eigenvalue weighted by atomic mass is 10.1. The van der Waals surface area contributed by atoms with Gasteiger partial charge in [-0.15, -0.1) is 0 Å². The molecule has 0 radical (unpaired) electrons. The van der Waals surface area contributed by atoms with Crippen LogP contribution in [0.5, 0.6) is 0 Å². The molecule has 26 heavy (non-hydrogen) atoms. The van der Waals surface area contributed by atoms with E-state index in [2.05, 4.69) is 5.32 Å². The fourth-order valence-corrected chi connectivity index (χ4v) is 2.56. The van der Waals surface area contributed by atoms with Gasteiger partial charge < -0.3 is 19.1 Å². The third-order valence-corrected chi connectivity index (χ3v) is 3.88. The van der Waals surface area contributed by atoms with E-state index in [-0.39, 0.29) is 11.8 Å². The lowest BCUT2D eigenvalue weighted by molar-refractivity contribution is -0.119. The van der Waals surface area contributed by atoms with Gasteiger partial charge in [0.15, 0.2) is 0 Å². The second-order valence-corrected chi connectivity index (χ2v) is 5.93. The van der Waals surface area contributed by atoms with Crippen LogP contribution in [0.2, 0.25) is 0 Å². The van der Waals surface area contributed by atoms with Gasteiger partial charge in [0.1, 0.15) is 11.5 Å². The van der Waals surface area contributed by atoms with Gasteiger partial charge in [-0.2, -0.15) is 0 Å². The molecule has 6 heteroatoms. The Bertz CT molecular complexity index is 800. The van der Waals surface area contributed by atoms with Gasteiger partial charge in [-0.3, -0.25) is 9.59 Å². The van der Waals surface area contributed by atoms with Gasteiger partial charge in [-0.25, -0.2) is 0 Å². The lowest BCUT2D eigenvalue weighted by Gasteiger charge is -2.21. The summed E-state index contributed by atoms with van der Waals surface area (Å²) in [5.41, 5.74) is 1.50. The highest BCUT2D eigenvalue weighted by atomic mass is 16.3. The number of hydrogen-bond donors (Lipinski definition) is 1. The average molecular weight is 352 g/mol. The van der Waals surface area contributed by atoms with Gasteiger partial charge in [0.05, 0.1) is 25.6 Å². The summed E-state index contributed by atoms with van der Waals surface area (Å²) in [5.74, 6) is 1.19. The zero-order valence-corrected chi connectivity index (χ0v) is 14.5. The Morgan fingerprint density at radius 3 is 1.96 bits per heavy atom. The molecule has 2 aromatic heterocycles. The molecule has 0 fully saturated rings. The maximum absolute atomic E-state index is 12.9. The van der Waals surface area contributed by atoms with Crippen LogP contribution in [-0.2, 0) is 24.4 Å². The monoisotopic (exact) mass is 352 g/mol. The molecule has 0 aliphatic heterocycles. The summed E-state index contributed by atoms with van der Waals surface area (Å²) in [5, 5.41) is 2.73. The van der Waals surface area contributed by atoms with Gasteiger partial charge in [0, 0.05) is 19.0 Å². The molecule has 0 aliphatic rings. The van der Waals surface area contributed by atoms with Crippen LogP contribution in [0, 0.1) is 0 Å². The Balaban J connectivity index is 1.74. The largest absolute Gasteiger partial charge is 0.467 e. The predicted molar refractivity (Wildman–Crippen MR) is 95.0 cm³/mol. The van der Waals surface area contributed by atoms with E-state index in [0.29, 0.717) is 36.7 Å². The molecule has 2 amide bonds. The van der Waals surface area contributed by atoms with Gasteiger partial charge in [0.2, 0.25) is 5.91 Å². The normalized spacial score (nSPS) is 10.5. The van der Waals surface area contributed by atoms with Crippen LogP contribution < -0.4 is 5.32 Å². The van der Waals surface area contributed by atoms with Crippen LogP contribution in [0.3, 0.4) is 0 Å². The van der Waals surface area contributed by atoms with Crippen LogP contribution >= 0.6 is 0 Å². The summed E-state index contributed by atoms with van der Waals surface area (Å²) in [6.07, 6.45) is 3.17. The first-order valence-electron chi connectivity index (χ1n) is 8.29. The molecule has 0 atom stereocenters. The maximum Gasteiger partial charge on any atom is 0.254 e. The van der Waals surface area contributed by atoms with E-state index in [1.54, 1.807) is 41.7 Å². The van der Waals surface area contributed by atoms with Crippen molar-refractivity contribution in [3.05, 3.63) is 83.7 Å². The smallest absolute Gasteiger partial charge is 0.254 e. The minimum Gasteiger partial charge on any atom is -0.467 e. The number of carbonyl (C=O) groups excluding carboxylic acids is 2. The zero-order chi connectivity index (χ0) is 18.4. The first-order valence-corrected chi connectivity index (χ1v) is 8.29. The third-order valence-electron chi connectivity index (χ3n) is 3.88. The van der Waals surface area contributed by atoms with Crippen molar-refractivity contribution in [2.24, 2.45) is 0 Å². The van der Waals surface area contributed by atoms with Crippen LogP contribution in [0.25, 0.3) is 0 Å². The van der Waals surface area contributed by atoms with Gasteiger partial charge in [-0.05, 0) is 42.0 Å². The molecule has 0 saturated carbocycles. The molecule has 3 rings (SSSR count). The van der Waals surface area contributed by atoms with Crippen LogP contribution in [0.1, 0.15) is 34.4 Å². The van der Waals surface area contributed by atoms with Crippen molar-refractivity contribution < 1.29 is 18.4 Å². The minimum atomic E-state index is -0.121. The molecule has 134 valence electrons. The van der Waals surface area contributed by atoms with E-state index in [9.17, 15) is 9.59 Å². The molecule has 0 saturated heterocycles. The molecular weight excluding hydrogens is 332 g/mol. The first-order chi connectivity index (χ1) is 12.6. The van der Waals surface area contributed by atoms with Crippen molar-refractivity contribution in [3.63, 3.8) is 0 Å². The van der Waals surface area contributed by atoms with E-state index in [0.717, 1.165) is 5.56 Å². The maximum atomic E-state index is 12.9. The van der Waals surface area contributed by atoms with Crippen molar-refractivity contribution >= 4 is 11.8 Å². The van der Waals surface area contributed by atoms with E-state index in [4.69, 9.17) is 8.83 Å². The van der Waals surface area contributed by atoms with Crippen molar-refractivity contribution in [3.8, 4) is 0 Å². The number of furan rings is 2. The molecule has 1 aromatic carbocycles. The molecule has 6 nitrogen and oxygen atoms in total. The van der Waals surface area contributed by atoms with Crippen molar-refractivity contribution in [2.75, 3.05) is 0 Å².